The lowest BCUT2D eigenvalue weighted by atomic mass is 10.2. The standard InChI is InChI=1S/C12H12F2N2S/c1-8(12-6-17-7-16-12)15-5-9-2-3-10(13)11(14)4-9/h2-4,6-8,15H,5H2,1H3. The van der Waals surface area contributed by atoms with E-state index in [1.807, 2.05) is 12.3 Å². The molecule has 1 aromatic heterocycles. The zero-order valence-electron chi connectivity index (χ0n) is 9.28. The average molecular weight is 254 g/mol. The van der Waals surface area contributed by atoms with Crippen LogP contribution in [0.2, 0.25) is 0 Å². The molecular weight excluding hydrogens is 242 g/mol. The van der Waals surface area contributed by atoms with Gasteiger partial charge in [-0.15, -0.1) is 11.3 Å². The van der Waals surface area contributed by atoms with Gasteiger partial charge < -0.3 is 5.32 Å². The highest BCUT2D eigenvalue weighted by Gasteiger charge is 2.07. The van der Waals surface area contributed by atoms with Crippen LogP contribution in [0.4, 0.5) is 8.78 Å². The fourth-order valence-corrected chi connectivity index (χ4v) is 2.11. The van der Waals surface area contributed by atoms with Crippen LogP contribution in [-0.2, 0) is 6.54 Å². The third-order valence-corrected chi connectivity index (χ3v) is 3.10. The van der Waals surface area contributed by atoms with E-state index in [4.69, 9.17) is 0 Å². The van der Waals surface area contributed by atoms with E-state index in [9.17, 15) is 8.78 Å². The number of benzene rings is 1. The first kappa shape index (κ1) is 12.1. The maximum Gasteiger partial charge on any atom is 0.159 e. The van der Waals surface area contributed by atoms with Crippen molar-refractivity contribution in [2.45, 2.75) is 19.5 Å². The first-order chi connectivity index (χ1) is 8.16. The zero-order chi connectivity index (χ0) is 12.3. The molecular formula is C12H12F2N2S. The Bertz CT molecular complexity index is 485. The van der Waals surface area contributed by atoms with Gasteiger partial charge >= 0.3 is 0 Å². The molecule has 5 heteroatoms. The molecule has 0 spiro atoms. The SMILES string of the molecule is CC(NCc1ccc(F)c(F)c1)c1cscn1. The molecule has 1 N–H and O–H groups in total. The van der Waals surface area contributed by atoms with Crippen LogP contribution < -0.4 is 5.32 Å². The molecule has 1 atom stereocenters. The fraction of sp³-hybridized carbons (Fsp3) is 0.250. The number of rotatable bonds is 4. The molecule has 0 saturated heterocycles. The van der Waals surface area contributed by atoms with Crippen molar-refractivity contribution in [1.82, 2.24) is 10.3 Å². The molecule has 0 aliphatic carbocycles. The topological polar surface area (TPSA) is 24.9 Å². The number of hydrogen-bond acceptors (Lipinski definition) is 3. The molecule has 1 aromatic carbocycles. The average Bonchev–Trinajstić information content (AvgIpc) is 2.84. The largest absolute Gasteiger partial charge is 0.305 e. The van der Waals surface area contributed by atoms with Crippen LogP contribution in [0.25, 0.3) is 0 Å². The molecule has 2 rings (SSSR count). The van der Waals surface area contributed by atoms with Crippen molar-refractivity contribution >= 4 is 11.3 Å². The normalized spacial score (nSPS) is 12.6. The predicted octanol–water partition coefficient (Wildman–Crippen LogP) is 3.27. The van der Waals surface area contributed by atoms with Crippen LogP contribution in [0, 0.1) is 11.6 Å². The molecule has 0 amide bonds. The first-order valence-electron chi connectivity index (χ1n) is 5.22. The van der Waals surface area contributed by atoms with E-state index in [-0.39, 0.29) is 6.04 Å². The summed E-state index contributed by atoms with van der Waals surface area (Å²) in [5, 5.41) is 5.16. The number of nitrogens with one attached hydrogen (secondary N) is 1. The lowest BCUT2D eigenvalue weighted by Crippen LogP contribution is -2.18. The summed E-state index contributed by atoms with van der Waals surface area (Å²) in [6.07, 6.45) is 0. The second-order valence-corrected chi connectivity index (χ2v) is 4.48. The quantitative estimate of drug-likeness (QED) is 0.905. The maximum atomic E-state index is 13.0. The summed E-state index contributed by atoms with van der Waals surface area (Å²) in [4.78, 5) is 4.18. The van der Waals surface area contributed by atoms with Gasteiger partial charge in [0.05, 0.1) is 11.2 Å². The second kappa shape index (κ2) is 5.33. The van der Waals surface area contributed by atoms with E-state index < -0.39 is 11.6 Å². The van der Waals surface area contributed by atoms with Crippen molar-refractivity contribution in [3.8, 4) is 0 Å². The number of hydrogen-bond donors (Lipinski definition) is 1. The molecule has 90 valence electrons. The Balaban J connectivity index is 1.96. The van der Waals surface area contributed by atoms with Gasteiger partial charge in [-0.1, -0.05) is 6.07 Å². The van der Waals surface area contributed by atoms with Crippen LogP contribution in [0.3, 0.4) is 0 Å². The van der Waals surface area contributed by atoms with Crippen molar-refractivity contribution in [3.63, 3.8) is 0 Å². The molecule has 1 heterocycles. The van der Waals surface area contributed by atoms with Crippen molar-refractivity contribution in [1.29, 1.82) is 0 Å². The van der Waals surface area contributed by atoms with Crippen LogP contribution >= 0.6 is 11.3 Å². The second-order valence-electron chi connectivity index (χ2n) is 3.76. The van der Waals surface area contributed by atoms with Gasteiger partial charge in [0.1, 0.15) is 0 Å². The minimum Gasteiger partial charge on any atom is -0.305 e. The highest BCUT2D eigenvalue weighted by Crippen LogP contribution is 2.14. The summed E-state index contributed by atoms with van der Waals surface area (Å²) in [5.41, 5.74) is 3.44. The third-order valence-electron chi connectivity index (χ3n) is 2.49. The Labute approximate surface area is 102 Å². The van der Waals surface area contributed by atoms with Crippen molar-refractivity contribution in [3.05, 3.63) is 52.0 Å². The molecule has 0 bridgehead atoms. The number of nitrogens with zero attached hydrogens (tertiary/aromatic N) is 1. The Morgan fingerprint density at radius 1 is 1.35 bits per heavy atom. The third kappa shape index (κ3) is 3.08. The van der Waals surface area contributed by atoms with Gasteiger partial charge in [0.25, 0.3) is 0 Å². The van der Waals surface area contributed by atoms with Gasteiger partial charge in [-0.3, -0.25) is 0 Å². The van der Waals surface area contributed by atoms with Gasteiger partial charge in [0.2, 0.25) is 0 Å². The molecule has 1 unspecified atom stereocenters. The molecule has 0 aliphatic heterocycles. The number of thiazole rings is 1. The molecule has 0 radical (unpaired) electrons. The van der Waals surface area contributed by atoms with E-state index in [2.05, 4.69) is 10.3 Å². The molecule has 17 heavy (non-hydrogen) atoms. The minimum atomic E-state index is -0.818. The smallest absolute Gasteiger partial charge is 0.159 e. The lowest BCUT2D eigenvalue weighted by molar-refractivity contribution is 0.503. The minimum absolute atomic E-state index is 0.0920. The van der Waals surface area contributed by atoms with E-state index in [0.717, 1.165) is 11.8 Å². The zero-order valence-corrected chi connectivity index (χ0v) is 10.1. The molecule has 0 aliphatic rings. The predicted molar refractivity (Wildman–Crippen MR) is 63.7 cm³/mol. The van der Waals surface area contributed by atoms with Crippen LogP contribution in [0.5, 0.6) is 0 Å². The van der Waals surface area contributed by atoms with Crippen molar-refractivity contribution < 1.29 is 8.78 Å². The van der Waals surface area contributed by atoms with Gasteiger partial charge in [0.15, 0.2) is 11.6 Å². The van der Waals surface area contributed by atoms with Crippen molar-refractivity contribution in [2.24, 2.45) is 0 Å². The summed E-state index contributed by atoms with van der Waals surface area (Å²) >= 11 is 1.53. The summed E-state index contributed by atoms with van der Waals surface area (Å²) in [6, 6.07) is 4.00. The monoisotopic (exact) mass is 254 g/mol. The highest BCUT2D eigenvalue weighted by atomic mass is 32.1. The van der Waals surface area contributed by atoms with Gasteiger partial charge in [-0.2, -0.15) is 0 Å². The molecule has 0 saturated carbocycles. The molecule has 0 fully saturated rings. The van der Waals surface area contributed by atoms with E-state index in [1.54, 1.807) is 11.6 Å². The van der Waals surface area contributed by atoms with E-state index in [1.165, 1.54) is 17.4 Å². The Morgan fingerprint density at radius 3 is 2.82 bits per heavy atom. The lowest BCUT2D eigenvalue weighted by Gasteiger charge is -2.11. The van der Waals surface area contributed by atoms with Crippen LogP contribution in [-0.4, -0.2) is 4.98 Å². The Hall–Kier alpha value is -1.33. The molecule has 2 aromatic rings. The van der Waals surface area contributed by atoms with Gasteiger partial charge in [-0.25, -0.2) is 13.8 Å². The van der Waals surface area contributed by atoms with E-state index >= 15 is 0 Å². The number of aromatic nitrogens is 1. The van der Waals surface area contributed by atoms with E-state index in [0.29, 0.717) is 12.1 Å². The maximum absolute atomic E-state index is 13.0. The molecule has 2 nitrogen and oxygen atoms in total. The van der Waals surface area contributed by atoms with Gasteiger partial charge in [0, 0.05) is 18.0 Å². The number of halogens is 2. The van der Waals surface area contributed by atoms with Crippen LogP contribution in [0.15, 0.2) is 29.1 Å². The fourth-order valence-electron chi connectivity index (χ4n) is 1.46. The summed E-state index contributed by atoms with van der Waals surface area (Å²) in [6.45, 7) is 2.46. The summed E-state index contributed by atoms with van der Waals surface area (Å²) in [5.74, 6) is -1.63. The summed E-state index contributed by atoms with van der Waals surface area (Å²) in [7, 11) is 0. The van der Waals surface area contributed by atoms with Gasteiger partial charge in [-0.05, 0) is 24.6 Å². The Morgan fingerprint density at radius 2 is 2.18 bits per heavy atom. The Kier molecular flexibility index (Phi) is 3.81. The highest BCUT2D eigenvalue weighted by molar-refractivity contribution is 7.07. The van der Waals surface area contributed by atoms with Crippen LogP contribution in [0.1, 0.15) is 24.2 Å². The van der Waals surface area contributed by atoms with Crippen molar-refractivity contribution in [2.75, 3.05) is 0 Å². The first-order valence-corrected chi connectivity index (χ1v) is 6.16. The summed E-state index contributed by atoms with van der Waals surface area (Å²) < 4.78 is 25.7.